The number of carbonyl (C=O) groups is 1. The van der Waals surface area contributed by atoms with Gasteiger partial charge in [-0.15, -0.1) is 8.78 Å². The number of halogens is 2. The van der Waals surface area contributed by atoms with Crippen molar-refractivity contribution < 1.29 is 23.0 Å². The van der Waals surface area contributed by atoms with Crippen molar-refractivity contribution in [3.05, 3.63) is 23.2 Å². The van der Waals surface area contributed by atoms with Crippen LogP contribution < -0.4 is 0 Å². The van der Waals surface area contributed by atoms with E-state index in [1.807, 2.05) is 0 Å². The van der Waals surface area contributed by atoms with Gasteiger partial charge in [-0.25, -0.2) is 0 Å². The van der Waals surface area contributed by atoms with E-state index < -0.39 is 6.29 Å². The van der Waals surface area contributed by atoms with Crippen LogP contribution in [-0.2, 0) is 14.3 Å². The fourth-order valence-corrected chi connectivity index (χ4v) is 1.50. The monoisotopic (exact) mass is 202 g/mol. The molecule has 1 heterocycles. The van der Waals surface area contributed by atoms with E-state index in [0.717, 1.165) is 0 Å². The molecule has 0 aromatic heterocycles. The minimum Gasteiger partial charge on any atom is -0.400 e. The molecule has 0 saturated heterocycles. The Balaban J connectivity index is 2.33. The van der Waals surface area contributed by atoms with Crippen LogP contribution in [-0.4, -0.2) is 12.1 Å². The van der Waals surface area contributed by atoms with Crippen LogP contribution in [0, 0.1) is 0 Å². The third-order valence-electron chi connectivity index (χ3n) is 2.06. The molecule has 1 aliphatic carbocycles. The molecule has 14 heavy (non-hydrogen) atoms. The molecule has 1 aliphatic heterocycles. The van der Waals surface area contributed by atoms with Crippen molar-refractivity contribution in [1.82, 2.24) is 0 Å². The smallest absolute Gasteiger partial charge is 0.400 e. The Bertz CT molecular complexity index is 355. The van der Waals surface area contributed by atoms with E-state index in [-0.39, 0.29) is 22.9 Å². The highest BCUT2D eigenvalue weighted by molar-refractivity contribution is 5.97. The zero-order valence-electron chi connectivity index (χ0n) is 7.47. The van der Waals surface area contributed by atoms with Crippen molar-refractivity contribution in [3.8, 4) is 0 Å². The Labute approximate surface area is 79.0 Å². The Hall–Kier alpha value is -1.39. The Morgan fingerprint density at radius 2 is 2.21 bits per heavy atom. The maximum Gasteiger partial charge on any atom is 0.585 e. The zero-order chi connectivity index (χ0) is 10.3. The predicted molar refractivity (Wildman–Crippen MR) is 42.1 cm³/mol. The number of alkyl halides is 2. The summed E-state index contributed by atoms with van der Waals surface area (Å²) < 4.78 is 33.8. The summed E-state index contributed by atoms with van der Waals surface area (Å²) in [7, 11) is 0. The number of ketones is 1. The van der Waals surface area contributed by atoms with Crippen molar-refractivity contribution in [2.75, 3.05) is 0 Å². The van der Waals surface area contributed by atoms with Crippen LogP contribution in [0.4, 0.5) is 8.78 Å². The molecule has 0 N–H and O–H groups in total. The van der Waals surface area contributed by atoms with Gasteiger partial charge < -0.3 is 9.47 Å². The Morgan fingerprint density at radius 1 is 1.50 bits per heavy atom. The van der Waals surface area contributed by atoms with Gasteiger partial charge >= 0.3 is 6.29 Å². The molecule has 76 valence electrons. The van der Waals surface area contributed by atoms with Crippen molar-refractivity contribution >= 4 is 5.78 Å². The molecule has 0 amide bonds. The lowest BCUT2D eigenvalue weighted by atomic mass is 10.0. The van der Waals surface area contributed by atoms with E-state index in [1.165, 1.54) is 6.92 Å². The minimum absolute atomic E-state index is 0.0719. The molecule has 0 spiro atoms. The number of rotatable bonds is 1. The highest BCUT2D eigenvalue weighted by Crippen LogP contribution is 2.41. The molecule has 0 unspecified atom stereocenters. The second kappa shape index (κ2) is 2.80. The van der Waals surface area contributed by atoms with Crippen molar-refractivity contribution in [2.24, 2.45) is 0 Å². The van der Waals surface area contributed by atoms with Gasteiger partial charge in [-0.1, -0.05) is 6.08 Å². The number of hydrogen-bond acceptors (Lipinski definition) is 3. The predicted octanol–water partition coefficient (Wildman–Crippen LogP) is 2.10. The number of ether oxygens (including phenoxy) is 2. The maximum atomic E-state index is 12.7. The van der Waals surface area contributed by atoms with Crippen molar-refractivity contribution in [2.45, 2.75) is 26.1 Å². The van der Waals surface area contributed by atoms with E-state index in [2.05, 4.69) is 9.47 Å². The highest BCUT2D eigenvalue weighted by Gasteiger charge is 2.47. The van der Waals surface area contributed by atoms with Crippen molar-refractivity contribution in [1.29, 1.82) is 0 Å². The summed E-state index contributed by atoms with van der Waals surface area (Å²) in [5, 5.41) is 0. The first-order valence-corrected chi connectivity index (χ1v) is 4.20. The lowest BCUT2D eigenvalue weighted by Gasteiger charge is -2.09. The van der Waals surface area contributed by atoms with Gasteiger partial charge in [0.15, 0.2) is 17.3 Å². The Morgan fingerprint density at radius 3 is 2.86 bits per heavy atom. The van der Waals surface area contributed by atoms with Gasteiger partial charge in [0, 0.05) is 6.42 Å². The first-order chi connectivity index (χ1) is 6.49. The van der Waals surface area contributed by atoms with Gasteiger partial charge in [0.25, 0.3) is 0 Å². The van der Waals surface area contributed by atoms with E-state index in [9.17, 15) is 13.6 Å². The molecule has 5 heteroatoms. The third-order valence-corrected chi connectivity index (χ3v) is 2.06. The van der Waals surface area contributed by atoms with Gasteiger partial charge in [-0.3, -0.25) is 4.79 Å². The standard InChI is InChI=1S/C9H8F2O3/c1-5(12)6-3-2-4-7-8(6)14-9(10,11)13-7/h3H,2,4H2,1H3. The Kier molecular flexibility index (Phi) is 1.83. The molecule has 0 fully saturated rings. The van der Waals surface area contributed by atoms with Crippen LogP contribution >= 0.6 is 0 Å². The second-order valence-electron chi connectivity index (χ2n) is 3.13. The van der Waals surface area contributed by atoms with Gasteiger partial charge in [0.1, 0.15) is 0 Å². The first-order valence-electron chi connectivity index (χ1n) is 4.20. The SMILES string of the molecule is CC(=O)C1=CCCC2=C1OC(F)(F)O2. The normalized spacial score (nSPS) is 23.5. The summed E-state index contributed by atoms with van der Waals surface area (Å²) in [5.74, 6) is -0.324. The lowest BCUT2D eigenvalue weighted by Crippen LogP contribution is -2.17. The number of allylic oxidation sites excluding steroid dienone is 3. The van der Waals surface area contributed by atoms with Crippen LogP contribution in [0.25, 0.3) is 0 Å². The molecule has 0 aromatic carbocycles. The molecule has 3 nitrogen and oxygen atoms in total. The molecule has 0 bridgehead atoms. The number of Topliss-reactive ketones (excluding diaryl/α,β-unsaturated/α-hetero) is 1. The second-order valence-corrected chi connectivity index (χ2v) is 3.13. The average Bonchev–Trinajstić information content (AvgIpc) is 2.36. The van der Waals surface area contributed by atoms with Gasteiger partial charge in [0.2, 0.25) is 0 Å². The van der Waals surface area contributed by atoms with Gasteiger partial charge in [0.05, 0.1) is 5.57 Å². The molecular formula is C9H8F2O3. The maximum absolute atomic E-state index is 12.7. The number of hydrogen-bond donors (Lipinski definition) is 0. The van der Waals surface area contributed by atoms with E-state index >= 15 is 0 Å². The van der Waals surface area contributed by atoms with Gasteiger partial charge in [-0.2, -0.15) is 0 Å². The quantitative estimate of drug-likeness (QED) is 0.653. The molecular weight excluding hydrogens is 194 g/mol. The summed E-state index contributed by atoms with van der Waals surface area (Å²) in [6, 6.07) is 0. The molecule has 0 radical (unpaired) electrons. The molecule has 2 aliphatic rings. The summed E-state index contributed by atoms with van der Waals surface area (Å²) in [5.41, 5.74) is 0.184. The van der Waals surface area contributed by atoms with E-state index in [4.69, 9.17) is 0 Å². The van der Waals surface area contributed by atoms with Crippen LogP contribution in [0.3, 0.4) is 0 Å². The van der Waals surface area contributed by atoms with Crippen LogP contribution in [0.15, 0.2) is 23.2 Å². The van der Waals surface area contributed by atoms with Crippen LogP contribution in [0.1, 0.15) is 19.8 Å². The topological polar surface area (TPSA) is 35.5 Å². The van der Waals surface area contributed by atoms with E-state index in [0.29, 0.717) is 12.8 Å². The fraction of sp³-hybridized carbons (Fsp3) is 0.444. The average molecular weight is 202 g/mol. The molecule has 2 rings (SSSR count). The number of carbonyl (C=O) groups excluding carboxylic acids is 1. The summed E-state index contributed by atoms with van der Waals surface area (Å²) >= 11 is 0. The molecule has 0 aromatic rings. The lowest BCUT2D eigenvalue weighted by molar-refractivity contribution is -0.336. The van der Waals surface area contributed by atoms with Crippen molar-refractivity contribution in [3.63, 3.8) is 0 Å². The molecule has 0 saturated carbocycles. The third kappa shape index (κ3) is 1.38. The highest BCUT2D eigenvalue weighted by atomic mass is 19.3. The zero-order valence-corrected chi connectivity index (χ0v) is 7.47. The largest absolute Gasteiger partial charge is 0.585 e. The van der Waals surface area contributed by atoms with Crippen LogP contribution in [0.5, 0.6) is 0 Å². The first kappa shape index (κ1) is 9.18. The summed E-state index contributed by atoms with van der Waals surface area (Å²) in [6.45, 7) is 1.31. The van der Waals surface area contributed by atoms with Crippen LogP contribution in [0.2, 0.25) is 0 Å². The summed E-state index contributed by atoms with van der Waals surface area (Å²) in [6.07, 6.45) is -1.16. The minimum atomic E-state index is -3.62. The molecule has 0 atom stereocenters. The van der Waals surface area contributed by atoms with Gasteiger partial charge in [-0.05, 0) is 13.3 Å². The fourth-order valence-electron chi connectivity index (χ4n) is 1.50. The van der Waals surface area contributed by atoms with E-state index in [1.54, 1.807) is 6.08 Å². The summed E-state index contributed by atoms with van der Waals surface area (Å²) in [4.78, 5) is 11.1.